The van der Waals surface area contributed by atoms with Gasteiger partial charge in [-0.1, -0.05) is 26.2 Å². The molecule has 0 unspecified atom stereocenters. The Morgan fingerprint density at radius 2 is 1.75 bits per heavy atom. The van der Waals surface area contributed by atoms with Crippen molar-refractivity contribution in [1.82, 2.24) is 0 Å². The monoisotopic (exact) mass is 222 g/mol. The van der Waals surface area contributed by atoms with Gasteiger partial charge in [0.25, 0.3) is 0 Å². The van der Waals surface area contributed by atoms with Crippen molar-refractivity contribution >= 4 is 5.78 Å². The van der Waals surface area contributed by atoms with Crippen molar-refractivity contribution in [1.29, 1.82) is 0 Å². The van der Waals surface area contributed by atoms with Gasteiger partial charge in [-0.25, -0.2) is 0 Å². The van der Waals surface area contributed by atoms with Crippen molar-refractivity contribution in [2.24, 2.45) is 0 Å². The maximum Gasteiger partial charge on any atom is 0.166 e. The molecule has 0 bridgehead atoms. The first-order chi connectivity index (χ1) is 7.57. The Morgan fingerprint density at radius 3 is 2.25 bits per heavy atom. The van der Waals surface area contributed by atoms with Crippen LogP contribution in [0, 0.1) is 20.8 Å². The number of hydrogen-bond acceptors (Lipinski definition) is 2. The van der Waals surface area contributed by atoms with E-state index in [4.69, 9.17) is 4.42 Å². The lowest BCUT2D eigenvalue weighted by Gasteiger charge is -2.01. The highest BCUT2D eigenvalue weighted by Crippen LogP contribution is 2.22. The van der Waals surface area contributed by atoms with Crippen LogP contribution >= 0.6 is 0 Å². The summed E-state index contributed by atoms with van der Waals surface area (Å²) in [6.45, 7) is 7.93. The summed E-state index contributed by atoms with van der Waals surface area (Å²) in [5, 5.41) is 0. The fourth-order valence-electron chi connectivity index (χ4n) is 2.04. The van der Waals surface area contributed by atoms with Crippen molar-refractivity contribution < 1.29 is 9.21 Å². The van der Waals surface area contributed by atoms with Crippen molar-refractivity contribution in [3.05, 3.63) is 22.6 Å². The van der Waals surface area contributed by atoms with Crippen molar-refractivity contribution in [2.75, 3.05) is 0 Å². The first-order valence-electron chi connectivity index (χ1n) is 6.17. The molecular formula is C14H22O2. The van der Waals surface area contributed by atoms with Crippen molar-refractivity contribution in [2.45, 2.75) is 59.8 Å². The lowest BCUT2D eigenvalue weighted by Crippen LogP contribution is -2.01. The summed E-state index contributed by atoms with van der Waals surface area (Å²) >= 11 is 0. The van der Waals surface area contributed by atoms with Crippen LogP contribution in [0.4, 0.5) is 0 Å². The van der Waals surface area contributed by atoms with Gasteiger partial charge in [0.1, 0.15) is 11.5 Å². The van der Waals surface area contributed by atoms with Gasteiger partial charge in [-0.15, -0.1) is 0 Å². The third-order valence-corrected chi connectivity index (χ3v) is 3.10. The van der Waals surface area contributed by atoms with Crippen molar-refractivity contribution in [3.8, 4) is 0 Å². The van der Waals surface area contributed by atoms with E-state index in [2.05, 4.69) is 6.92 Å². The number of unbranched alkanes of at least 4 members (excludes halogenated alkanes) is 3. The van der Waals surface area contributed by atoms with Crippen LogP contribution in [0.2, 0.25) is 0 Å². The van der Waals surface area contributed by atoms with E-state index in [1.54, 1.807) is 0 Å². The lowest BCUT2D eigenvalue weighted by atomic mass is 10.0. The maximum atomic E-state index is 12.0. The minimum absolute atomic E-state index is 0.239. The Morgan fingerprint density at radius 1 is 1.06 bits per heavy atom. The molecule has 0 atom stereocenters. The highest BCUT2D eigenvalue weighted by Gasteiger charge is 2.17. The van der Waals surface area contributed by atoms with E-state index in [1.165, 1.54) is 12.8 Å². The summed E-state index contributed by atoms with van der Waals surface area (Å²) < 4.78 is 5.47. The van der Waals surface area contributed by atoms with E-state index in [1.807, 2.05) is 20.8 Å². The van der Waals surface area contributed by atoms with Crippen LogP contribution in [-0.2, 0) is 0 Å². The summed E-state index contributed by atoms with van der Waals surface area (Å²) in [7, 11) is 0. The highest BCUT2D eigenvalue weighted by atomic mass is 16.3. The van der Waals surface area contributed by atoms with Gasteiger partial charge in [-0.05, 0) is 27.2 Å². The van der Waals surface area contributed by atoms with Gasteiger partial charge >= 0.3 is 0 Å². The first-order valence-corrected chi connectivity index (χ1v) is 6.17. The molecule has 2 nitrogen and oxygen atoms in total. The Bertz CT molecular complexity index is 361. The Hall–Kier alpha value is -1.05. The molecule has 0 amide bonds. The van der Waals surface area contributed by atoms with Crippen LogP contribution in [0.15, 0.2) is 4.42 Å². The summed E-state index contributed by atoms with van der Waals surface area (Å²) in [6, 6.07) is 0. The lowest BCUT2D eigenvalue weighted by molar-refractivity contribution is 0.0977. The largest absolute Gasteiger partial charge is 0.466 e. The van der Waals surface area contributed by atoms with Gasteiger partial charge in [-0.3, -0.25) is 4.79 Å². The van der Waals surface area contributed by atoms with Gasteiger partial charge in [0.05, 0.1) is 5.56 Å². The molecule has 0 spiro atoms. The molecule has 2 heteroatoms. The second-order valence-corrected chi connectivity index (χ2v) is 4.45. The quantitative estimate of drug-likeness (QED) is 0.529. The molecule has 0 aliphatic heterocycles. The average Bonchev–Trinajstić information content (AvgIpc) is 2.48. The van der Waals surface area contributed by atoms with E-state index in [9.17, 15) is 4.79 Å². The number of carbonyl (C=O) groups is 1. The summed E-state index contributed by atoms with van der Waals surface area (Å²) in [5.74, 6) is 1.88. The van der Waals surface area contributed by atoms with Crippen LogP contribution in [0.5, 0.6) is 0 Å². The molecule has 1 rings (SSSR count). The topological polar surface area (TPSA) is 30.2 Å². The average molecular weight is 222 g/mol. The minimum Gasteiger partial charge on any atom is -0.466 e. The summed E-state index contributed by atoms with van der Waals surface area (Å²) in [6.07, 6.45) is 5.22. The molecule has 1 aromatic heterocycles. The van der Waals surface area contributed by atoms with E-state index in [-0.39, 0.29) is 5.78 Å². The molecule has 0 saturated carbocycles. The maximum absolute atomic E-state index is 12.0. The molecule has 0 N–H and O–H groups in total. The van der Waals surface area contributed by atoms with E-state index in [0.29, 0.717) is 6.42 Å². The van der Waals surface area contributed by atoms with Crippen LogP contribution in [-0.4, -0.2) is 5.78 Å². The molecule has 0 aromatic carbocycles. The third-order valence-electron chi connectivity index (χ3n) is 3.10. The predicted octanol–water partition coefficient (Wildman–Crippen LogP) is 4.36. The van der Waals surface area contributed by atoms with Gasteiger partial charge in [0.2, 0.25) is 0 Å². The number of ketones is 1. The SMILES string of the molecule is CCCCCCC(=O)c1c(C)oc(C)c1C. The van der Waals surface area contributed by atoms with Gasteiger partial charge < -0.3 is 4.42 Å². The predicted molar refractivity (Wildman–Crippen MR) is 66.0 cm³/mol. The number of furan rings is 1. The Balaban J connectivity index is 2.59. The van der Waals surface area contributed by atoms with Gasteiger partial charge in [-0.2, -0.15) is 0 Å². The zero-order chi connectivity index (χ0) is 12.1. The third kappa shape index (κ3) is 2.97. The normalized spacial score (nSPS) is 10.8. The number of carbonyl (C=O) groups excluding carboxylic acids is 1. The fraction of sp³-hybridized carbons (Fsp3) is 0.643. The highest BCUT2D eigenvalue weighted by molar-refractivity contribution is 5.98. The molecule has 16 heavy (non-hydrogen) atoms. The molecule has 0 saturated heterocycles. The van der Waals surface area contributed by atoms with Crippen molar-refractivity contribution in [3.63, 3.8) is 0 Å². The summed E-state index contributed by atoms with van der Waals surface area (Å²) in [5.41, 5.74) is 1.83. The Labute approximate surface area is 98.0 Å². The molecule has 90 valence electrons. The number of Topliss-reactive ketones (excluding diaryl/α,β-unsaturated/α-hetero) is 1. The minimum atomic E-state index is 0.239. The standard InChI is InChI=1S/C14H22O2/c1-5-6-7-8-9-13(15)14-10(2)11(3)16-12(14)4/h5-9H2,1-4H3. The molecular weight excluding hydrogens is 200 g/mol. The van der Waals surface area contributed by atoms with Gasteiger partial charge in [0, 0.05) is 12.0 Å². The first kappa shape index (κ1) is 13.0. The number of rotatable bonds is 6. The van der Waals surface area contributed by atoms with Gasteiger partial charge in [0.15, 0.2) is 5.78 Å². The van der Waals surface area contributed by atoms with Crippen LogP contribution in [0.3, 0.4) is 0 Å². The molecule has 0 radical (unpaired) electrons. The molecule has 0 aliphatic rings. The van der Waals surface area contributed by atoms with E-state index >= 15 is 0 Å². The zero-order valence-corrected chi connectivity index (χ0v) is 10.9. The number of hydrogen-bond donors (Lipinski definition) is 0. The van der Waals surface area contributed by atoms with Crippen LogP contribution in [0.25, 0.3) is 0 Å². The van der Waals surface area contributed by atoms with Crippen LogP contribution in [0.1, 0.15) is 66.5 Å². The molecule has 0 fully saturated rings. The van der Waals surface area contributed by atoms with Crippen LogP contribution < -0.4 is 0 Å². The van der Waals surface area contributed by atoms with E-state index in [0.717, 1.165) is 35.5 Å². The smallest absolute Gasteiger partial charge is 0.166 e. The second-order valence-electron chi connectivity index (χ2n) is 4.45. The fourth-order valence-corrected chi connectivity index (χ4v) is 2.04. The molecule has 1 heterocycles. The summed E-state index contributed by atoms with van der Waals surface area (Å²) in [4.78, 5) is 12.0. The molecule has 0 aliphatic carbocycles. The number of aryl methyl sites for hydroxylation is 2. The molecule has 1 aromatic rings. The van der Waals surface area contributed by atoms with E-state index < -0.39 is 0 Å². The Kier molecular flexibility index (Phi) is 4.78. The zero-order valence-electron chi connectivity index (χ0n) is 10.9. The second kappa shape index (κ2) is 5.88.